The molecule has 0 saturated carbocycles. The molecular weight excluding hydrogens is 320 g/mol. The standard InChI is InChI=1S/C19H20N2O2S/c1-13-4-7-16(8-5-13)24-11-10-21(3)19(22)15-6-9-17-18(12-15)23-14(2)20-17/h4-9,12H,10-11H2,1-3H3. The van der Waals surface area contributed by atoms with Gasteiger partial charge in [-0.25, -0.2) is 4.98 Å². The predicted molar refractivity (Wildman–Crippen MR) is 97.6 cm³/mol. The van der Waals surface area contributed by atoms with E-state index >= 15 is 0 Å². The SMILES string of the molecule is Cc1ccc(SCCN(C)C(=O)c2ccc3nc(C)oc3c2)cc1. The third-order valence-electron chi connectivity index (χ3n) is 3.81. The van der Waals surface area contributed by atoms with E-state index in [-0.39, 0.29) is 5.91 Å². The summed E-state index contributed by atoms with van der Waals surface area (Å²) in [6, 6.07) is 13.8. The summed E-state index contributed by atoms with van der Waals surface area (Å²) in [5.41, 5.74) is 3.31. The first-order valence-corrected chi connectivity index (χ1v) is 8.83. The van der Waals surface area contributed by atoms with Crippen molar-refractivity contribution in [3.05, 3.63) is 59.5 Å². The van der Waals surface area contributed by atoms with Crippen LogP contribution in [-0.2, 0) is 0 Å². The topological polar surface area (TPSA) is 46.3 Å². The van der Waals surface area contributed by atoms with E-state index in [9.17, 15) is 4.79 Å². The quantitative estimate of drug-likeness (QED) is 0.649. The van der Waals surface area contributed by atoms with Crippen molar-refractivity contribution in [1.29, 1.82) is 0 Å². The van der Waals surface area contributed by atoms with E-state index in [0.717, 1.165) is 11.3 Å². The van der Waals surface area contributed by atoms with E-state index < -0.39 is 0 Å². The fraction of sp³-hybridized carbons (Fsp3) is 0.263. The maximum absolute atomic E-state index is 12.5. The summed E-state index contributed by atoms with van der Waals surface area (Å²) in [6.07, 6.45) is 0. The van der Waals surface area contributed by atoms with E-state index in [1.165, 1.54) is 10.5 Å². The van der Waals surface area contributed by atoms with Crippen molar-refractivity contribution in [2.75, 3.05) is 19.3 Å². The fourth-order valence-corrected chi connectivity index (χ4v) is 3.36. The molecule has 1 amide bonds. The van der Waals surface area contributed by atoms with Crippen LogP contribution in [0.3, 0.4) is 0 Å². The monoisotopic (exact) mass is 340 g/mol. The zero-order chi connectivity index (χ0) is 17.1. The Labute approximate surface area is 145 Å². The average molecular weight is 340 g/mol. The number of nitrogens with zero attached hydrogens (tertiary/aromatic N) is 2. The molecule has 0 fully saturated rings. The van der Waals surface area contributed by atoms with Crippen LogP contribution in [0.25, 0.3) is 11.1 Å². The molecule has 4 nitrogen and oxygen atoms in total. The summed E-state index contributed by atoms with van der Waals surface area (Å²) in [5.74, 6) is 1.46. The van der Waals surface area contributed by atoms with Crippen molar-refractivity contribution < 1.29 is 9.21 Å². The molecule has 0 N–H and O–H groups in total. The third-order valence-corrected chi connectivity index (χ3v) is 4.80. The van der Waals surface area contributed by atoms with Gasteiger partial charge < -0.3 is 9.32 Å². The van der Waals surface area contributed by atoms with Gasteiger partial charge in [-0.05, 0) is 37.3 Å². The molecule has 0 spiro atoms. The number of thioether (sulfide) groups is 1. The number of fused-ring (bicyclic) bond motifs is 1. The van der Waals surface area contributed by atoms with E-state index in [1.54, 1.807) is 35.7 Å². The summed E-state index contributed by atoms with van der Waals surface area (Å²) >= 11 is 1.75. The number of oxazole rings is 1. The summed E-state index contributed by atoms with van der Waals surface area (Å²) in [6.45, 7) is 4.56. The molecule has 0 saturated heterocycles. The fourth-order valence-electron chi connectivity index (χ4n) is 2.43. The molecule has 124 valence electrons. The second kappa shape index (κ2) is 7.09. The van der Waals surface area contributed by atoms with Gasteiger partial charge in [0.2, 0.25) is 0 Å². The highest BCUT2D eigenvalue weighted by Crippen LogP contribution is 2.20. The highest BCUT2D eigenvalue weighted by atomic mass is 32.2. The molecule has 5 heteroatoms. The molecule has 0 radical (unpaired) electrons. The Morgan fingerprint density at radius 1 is 1.17 bits per heavy atom. The molecule has 0 atom stereocenters. The minimum Gasteiger partial charge on any atom is -0.441 e. The van der Waals surface area contributed by atoms with Crippen LogP contribution in [0.2, 0.25) is 0 Å². The summed E-state index contributed by atoms with van der Waals surface area (Å²) in [5, 5.41) is 0. The normalized spacial score (nSPS) is 11.0. The van der Waals surface area contributed by atoms with Gasteiger partial charge in [0.15, 0.2) is 11.5 Å². The van der Waals surface area contributed by atoms with Crippen molar-refractivity contribution in [2.45, 2.75) is 18.7 Å². The minimum absolute atomic E-state index is 0.00420. The zero-order valence-corrected chi connectivity index (χ0v) is 14.9. The number of hydrogen-bond donors (Lipinski definition) is 0. The number of amides is 1. The maximum Gasteiger partial charge on any atom is 0.253 e. The Balaban J connectivity index is 1.59. The van der Waals surface area contributed by atoms with E-state index in [1.807, 2.05) is 13.1 Å². The van der Waals surface area contributed by atoms with Crippen molar-refractivity contribution >= 4 is 28.8 Å². The lowest BCUT2D eigenvalue weighted by Crippen LogP contribution is -2.28. The number of benzene rings is 2. The first kappa shape index (κ1) is 16.6. The van der Waals surface area contributed by atoms with Crippen molar-refractivity contribution in [2.24, 2.45) is 0 Å². The Hall–Kier alpha value is -2.27. The number of carbonyl (C=O) groups excluding carboxylic acids is 1. The Morgan fingerprint density at radius 3 is 2.67 bits per heavy atom. The van der Waals surface area contributed by atoms with Gasteiger partial charge in [-0.1, -0.05) is 17.7 Å². The Morgan fingerprint density at radius 2 is 1.92 bits per heavy atom. The van der Waals surface area contributed by atoms with Gasteiger partial charge in [0.25, 0.3) is 5.91 Å². The number of rotatable bonds is 5. The number of hydrogen-bond acceptors (Lipinski definition) is 4. The Kier molecular flexibility index (Phi) is 4.90. The molecule has 0 aliphatic heterocycles. The lowest BCUT2D eigenvalue weighted by Gasteiger charge is -2.17. The predicted octanol–water partition coefficient (Wildman–Crippen LogP) is 4.31. The van der Waals surface area contributed by atoms with Gasteiger partial charge in [0.05, 0.1) is 0 Å². The maximum atomic E-state index is 12.5. The largest absolute Gasteiger partial charge is 0.441 e. The van der Waals surface area contributed by atoms with Gasteiger partial charge >= 0.3 is 0 Å². The van der Waals surface area contributed by atoms with Crippen LogP contribution in [0.5, 0.6) is 0 Å². The molecule has 3 rings (SSSR count). The van der Waals surface area contributed by atoms with E-state index in [0.29, 0.717) is 23.6 Å². The molecule has 0 bridgehead atoms. The smallest absolute Gasteiger partial charge is 0.253 e. The molecule has 1 aromatic heterocycles. The third kappa shape index (κ3) is 3.79. The highest BCUT2D eigenvalue weighted by Gasteiger charge is 2.13. The first-order chi connectivity index (χ1) is 11.5. The Bertz CT molecular complexity index is 855. The molecule has 2 aromatic carbocycles. The average Bonchev–Trinajstić information content (AvgIpc) is 2.95. The van der Waals surface area contributed by atoms with Crippen LogP contribution in [0.4, 0.5) is 0 Å². The number of aromatic nitrogens is 1. The molecule has 0 unspecified atom stereocenters. The highest BCUT2D eigenvalue weighted by molar-refractivity contribution is 7.99. The summed E-state index contributed by atoms with van der Waals surface area (Å²) < 4.78 is 5.50. The van der Waals surface area contributed by atoms with Crippen molar-refractivity contribution in [1.82, 2.24) is 9.88 Å². The van der Waals surface area contributed by atoms with E-state index in [4.69, 9.17) is 4.42 Å². The van der Waals surface area contributed by atoms with Gasteiger partial charge in [-0.15, -0.1) is 11.8 Å². The zero-order valence-electron chi connectivity index (χ0n) is 14.1. The molecule has 3 aromatic rings. The molecule has 1 heterocycles. The number of aryl methyl sites for hydroxylation is 2. The van der Waals surface area contributed by atoms with Crippen LogP contribution in [0.15, 0.2) is 51.8 Å². The van der Waals surface area contributed by atoms with Crippen LogP contribution < -0.4 is 0 Å². The lowest BCUT2D eigenvalue weighted by molar-refractivity contribution is 0.0804. The van der Waals surface area contributed by atoms with Crippen molar-refractivity contribution in [3.63, 3.8) is 0 Å². The van der Waals surface area contributed by atoms with Crippen LogP contribution in [0.1, 0.15) is 21.8 Å². The van der Waals surface area contributed by atoms with Gasteiger partial charge in [0, 0.05) is 36.7 Å². The molecular formula is C19H20N2O2S. The van der Waals surface area contributed by atoms with Crippen LogP contribution in [0, 0.1) is 13.8 Å². The molecule has 0 aliphatic carbocycles. The van der Waals surface area contributed by atoms with Gasteiger partial charge in [-0.2, -0.15) is 0 Å². The number of carbonyl (C=O) groups is 1. The lowest BCUT2D eigenvalue weighted by atomic mass is 10.2. The van der Waals surface area contributed by atoms with Gasteiger partial charge in [-0.3, -0.25) is 4.79 Å². The summed E-state index contributed by atoms with van der Waals surface area (Å²) in [7, 11) is 1.83. The molecule has 24 heavy (non-hydrogen) atoms. The second-order valence-corrected chi connectivity index (χ2v) is 6.97. The van der Waals surface area contributed by atoms with Crippen LogP contribution in [-0.4, -0.2) is 35.1 Å². The molecule has 0 aliphatic rings. The van der Waals surface area contributed by atoms with Crippen molar-refractivity contribution in [3.8, 4) is 0 Å². The second-order valence-electron chi connectivity index (χ2n) is 5.80. The van der Waals surface area contributed by atoms with Crippen LogP contribution >= 0.6 is 11.8 Å². The minimum atomic E-state index is -0.00420. The summed E-state index contributed by atoms with van der Waals surface area (Å²) in [4.78, 5) is 19.8. The van der Waals surface area contributed by atoms with E-state index in [2.05, 4.69) is 36.2 Å². The van der Waals surface area contributed by atoms with Gasteiger partial charge in [0.1, 0.15) is 5.52 Å². The first-order valence-electron chi connectivity index (χ1n) is 7.85.